The van der Waals surface area contributed by atoms with Gasteiger partial charge in [0.25, 0.3) is 0 Å². The van der Waals surface area contributed by atoms with Gasteiger partial charge in [-0.3, -0.25) is 0 Å². The van der Waals surface area contributed by atoms with E-state index in [9.17, 15) is 9.18 Å². The smallest absolute Gasteiger partial charge is 0.349 e. The van der Waals surface area contributed by atoms with E-state index in [1.165, 1.54) is 17.4 Å². The molecule has 3 rings (SSSR count). The molecule has 9 heteroatoms. The Hall–Kier alpha value is -2.16. The molecule has 0 bridgehead atoms. The van der Waals surface area contributed by atoms with Gasteiger partial charge in [-0.2, -0.15) is 0 Å². The average Bonchev–Trinajstić information content (AvgIpc) is 3.19. The van der Waals surface area contributed by atoms with Crippen molar-refractivity contribution in [2.24, 2.45) is 0 Å². The lowest BCUT2D eigenvalue weighted by Gasteiger charge is -2.25. The number of halogens is 2. The molecular formula is C22H22ClFN2O3S2. The van der Waals surface area contributed by atoms with Crippen molar-refractivity contribution in [2.75, 3.05) is 6.61 Å². The van der Waals surface area contributed by atoms with E-state index in [0.29, 0.717) is 23.1 Å². The molecule has 1 aromatic heterocycles. The number of carbonyl (C=O) groups is 1. The molecule has 0 radical (unpaired) electrons. The van der Waals surface area contributed by atoms with Crippen molar-refractivity contribution in [3.63, 3.8) is 0 Å². The minimum atomic E-state index is -1.07. The van der Waals surface area contributed by atoms with Crippen LogP contribution in [-0.2, 0) is 15.3 Å². The predicted octanol–water partition coefficient (Wildman–Crippen LogP) is 6.32. The lowest BCUT2D eigenvalue weighted by atomic mass is 10.1. The highest BCUT2D eigenvalue weighted by Gasteiger charge is 2.32. The van der Waals surface area contributed by atoms with E-state index in [1.54, 1.807) is 44.7 Å². The number of hydrogen-bond donors (Lipinski definition) is 0. The molecule has 0 N–H and O–H groups in total. The van der Waals surface area contributed by atoms with Crippen LogP contribution in [0.1, 0.15) is 31.3 Å². The zero-order valence-corrected chi connectivity index (χ0v) is 20.0. The van der Waals surface area contributed by atoms with Gasteiger partial charge < -0.3 is 9.47 Å². The first-order valence-corrected chi connectivity index (χ1v) is 11.7. The number of carbonyl (C=O) groups excluding carboxylic acids is 1. The molecule has 0 saturated heterocycles. The molecule has 0 atom stereocenters. The number of hydrogen-bond acceptors (Lipinski definition) is 7. The second-order valence-corrected chi connectivity index (χ2v) is 9.70. The van der Waals surface area contributed by atoms with E-state index in [4.69, 9.17) is 21.1 Å². The Bertz CT molecular complexity index is 1090. The quantitative estimate of drug-likeness (QED) is 0.278. The summed E-state index contributed by atoms with van der Waals surface area (Å²) in [5.74, 6) is 0.413. The lowest BCUT2D eigenvalue weighted by Crippen LogP contribution is -2.39. The van der Waals surface area contributed by atoms with Crippen LogP contribution in [0.3, 0.4) is 0 Å². The Morgan fingerprint density at radius 1 is 1.23 bits per heavy atom. The van der Waals surface area contributed by atoms with E-state index in [1.807, 2.05) is 25.1 Å². The molecule has 0 fully saturated rings. The maximum atomic E-state index is 13.4. The first-order valence-electron chi connectivity index (χ1n) is 9.57. The Morgan fingerprint density at radius 3 is 2.68 bits per heavy atom. The van der Waals surface area contributed by atoms with Gasteiger partial charge in [-0.05, 0) is 69.7 Å². The van der Waals surface area contributed by atoms with Crippen molar-refractivity contribution in [1.82, 2.24) is 10.2 Å². The summed E-state index contributed by atoms with van der Waals surface area (Å²) in [6, 6.07) is 10.3. The molecule has 0 unspecified atom stereocenters. The molecule has 31 heavy (non-hydrogen) atoms. The number of nitrogens with zero attached hydrogens (tertiary/aromatic N) is 2. The summed E-state index contributed by atoms with van der Waals surface area (Å²) in [5.41, 5.74) is 0.588. The zero-order chi connectivity index (χ0) is 22.6. The first kappa shape index (κ1) is 23.5. The van der Waals surface area contributed by atoms with Crippen LogP contribution in [0, 0.1) is 12.7 Å². The van der Waals surface area contributed by atoms with Crippen LogP contribution in [0.2, 0.25) is 5.02 Å². The summed E-state index contributed by atoms with van der Waals surface area (Å²) in [4.78, 5) is 13.1. The van der Waals surface area contributed by atoms with Gasteiger partial charge >= 0.3 is 5.97 Å². The fourth-order valence-electron chi connectivity index (χ4n) is 2.65. The number of aromatic nitrogens is 2. The summed E-state index contributed by atoms with van der Waals surface area (Å²) in [6.45, 7) is 7.38. The van der Waals surface area contributed by atoms with E-state index in [-0.39, 0.29) is 5.02 Å². The van der Waals surface area contributed by atoms with Gasteiger partial charge in [-0.15, -0.1) is 22.0 Å². The first-order chi connectivity index (χ1) is 14.7. The van der Waals surface area contributed by atoms with Crippen molar-refractivity contribution in [3.8, 4) is 16.3 Å². The van der Waals surface area contributed by atoms with Crippen LogP contribution in [-0.4, -0.2) is 28.4 Å². The third-order valence-corrected chi connectivity index (χ3v) is 6.72. The van der Waals surface area contributed by atoms with Crippen LogP contribution < -0.4 is 4.74 Å². The molecule has 1 heterocycles. The van der Waals surface area contributed by atoms with E-state index >= 15 is 0 Å². The molecular weight excluding hydrogens is 459 g/mol. The van der Waals surface area contributed by atoms with Crippen molar-refractivity contribution in [1.29, 1.82) is 0 Å². The van der Waals surface area contributed by atoms with Gasteiger partial charge in [-0.1, -0.05) is 22.9 Å². The van der Waals surface area contributed by atoms with Crippen molar-refractivity contribution < 1.29 is 18.7 Å². The van der Waals surface area contributed by atoms with Gasteiger partial charge in [-0.25, -0.2) is 9.18 Å². The maximum Gasteiger partial charge on any atom is 0.349 e. The fourth-order valence-corrected chi connectivity index (χ4v) is 4.65. The highest BCUT2D eigenvalue weighted by molar-refractivity contribution is 7.98. The van der Waals surface area contributed by atoms with Gasteiger partial charge in [0.15, 0.2) is 5.60 Å². The van der Waals surface area contributed by atoms with Crippen molar-refractivity contribution in [3.05, 3.63) is 57.8 Å². The van der Waals surface area contributed by atoms with Crippen LogP contribution in [0.15, 0.2) is 41.3 Å². The standard InChI is InChI=1S/C22H22ClFN2O3S2/c1-5-28-21(27)22(3,4)29-18-9-7-15(10-13(18)2)30-12-19-25-26-20(31-19)14-6-8-17(24)16(23)11-14/h6-11H,5,12H2,1-4H3. The normalized spacial score (nSPS) is 11.4. The zero-order valence-electron chi connectivity index (χ0n) is 17.6. The summed E-state index contributed by atoms with van der Waals surface area (Å²) in [6.07, 6.45) is 0. The molecule has 0 amide bonds. The maximum absolute atomic E-state index is 13.4. The molecule has 0 saturated carbocycles. The van der Waals surface area contributed by atoms with E-state index < -0.39 is 17.4 Å². The minimum absolute atomic E-state index is 0.0625. The summed E-state index contributed by atoms with van der Waals surface area (Å²) < 4.78 is 24.3. The van der Waals surface area contributed by atoms with Crippen molar-refractivity contribution in [2.45, 2.75) is 43.9 Å². The van der Waals surface area contributed by atoms with Gasteiger partial charge in [0.2, 0.25) is 0 Å². The molecule has 3 aromatic rings. The number of esters is 1. The average molecular weight is 481 g/mol. The Morgan fingerprint density at radius 2 is 2.00 bits per heavy atom. The SMILES string of the molecule is CCOC(=O)C(C)(C)Oc1ccc(SCc2nnc(-c3ccc(F)c(Cl)c3)s2)cc1C. The molecule has 5 nitrogen and oxygen atoms in total. The van der Waals surface area contributed by atoms with Gasteiger partial charge in [0.05, 0.1) is 17.4 Å². The molecule has 0 aliphatic carbocycles. The molecule has 0 aliphatic heterocycles. The van der Waals surface area contributed by atoms with Crippen LogP contribution >= 0.6 is 34.7 Å². The second kappa shape index (κ2) is 9.97. The van der Waals surface area contributed by atoms with Crippen LogP contribution in [0.4, 0.5) is 4.39 Å². The predicted molar refractivity (Wildman–Crippen MR) is 122 cm³/mol. The minimum Gasteiger partial charge on any atom is -0.476 e. The number of thioether (sulfide) groups is 1. The lowest BCUT2D eigenvalue weighted by molar-refractivity contribution is -0.158. The summed E-state index contributed by atoms with van der Waals surface area (Å²) >= 11 is 8.91. The van der Waals surface area contributed by atoms with Gasteiger partial charge in [0, 0.05) is 10.5 Å². The van der Waals surface area contributed by atoms with Crippen LogP contribution in [0.5, 0.6) is 5.75 Å². The summed E-state index contributed by atoms with van der Waals surface area (Å²) in [5, 5.41) is 10.0. The van der Waals surface area contributed by atoms with E-state index in [0.717, 1.165) is 21.0 Å². The molecule has 0 spiro atoms. The number of rotatable bonds is 8. The summed E-state index contributed by atoms with van der Waals surface area (Å²) in [7, 11) is 0. The topological polar surface area (TPSA) is 61.3 Å². The third-order valence-electron chi connectivity index (χ3n) is 4.27. The van der Waals surface area contributed by atoms with Crippen molar-refractivity contribution >= 4 is 40.7 Å². The fraction of sp³-hybridized carbons (Fsp3) is 0.318. The Balaban J connectivity index is 1.64. The molecule has 0 aliphatic rings. The number of benzene rings is 2. The monoisotopic (exact) mass is 480 g/mol. The highest BCUT2D eigenvalue weighted by Crippen LogP contribution is 2.33. The Kier molecular flexibility index (Phi) is 7.56. The van der Waals surface area contributed by atoms with Crippen LogP contribution in [0.25, 0.3) is 10.6 Å². The largest absolute Gasteiger partial charge is 0.476 e. The number of aryl methyl sites for hydroxylation is 1. The van der Waals surface area contributed by atoms with E-state index in [2.05, 4.69) is 10.2 Å². The second-order valence-electron chi connectivity index (χ2n) is 7.18. The highest BCUT2D eigenvalue weighted by atomic mass is 35.5. The molecule has 2 aromatic carbocycles. The molecule has 164 valence electrons. The van der Waals surface area contributed by atoms with Gasteiger partial charge in [0.1, 0.15) is 21.6 Å². The third kappa shape index (κ3) is 5.96. The number of ether oxygens (including phenoxy) is 2. The Labute approximate surface area is 193 Å².